The summed E-state index contributed by atoms with van der Waals surface area (Å²) in [6, 6.07) is 12.0. The molecule has 0 fully saturated rings. The van der Waals surface area contributed by atoms with E-state index in [0.717, 1.165) is 16.8 Å². The monoisotopic (exact) mass is 209 g/mol. The number of rotatable bonds is 2. The summed E-state index contributed by atoms with van der Waals surface area (Å²) in [5.41, 5.74) is 3.38. The highest BCUT2D eigenvalue weighted by Crippen LogP contribution is 2.28. The van der Waals surface area contributed by atoms with E-state index >= 15 is 0 Å². The molecule has 0 spiro atoms. The fourth-order valence-corrected chi connectivity index (χ4v) is 1.65. The predicted molar refractivity (Wildman–Crippen MR) is 63.9 cm³/mol. The van der Waals surface area contributed by atoms with Crippen LogP contribution in [0, 0.1) is 11.3 Å². The average Bonchev–Trinajstić information content (AvgIpc) is 2.38. The van der Waals surface area contributed by atoms with Gasteiger partial charge in [0.1, 0.15) is 6.07 Å². The van der Waals surface area contributed by atoms with Gasteiger partial charge >= 0.3 is 0 Å². The van der Waals surface area contributed by atoms with Crippen molar-refractivity contribution < 1.29 is 0 Å². The van der Waals surface area contributed by atoms with Crippen LogP contribution >= 0.6 is 0 Å². The summed E-state index contributed by atoms with van der Waals surface area (Å²) in [6.45, 7) is 0. The SMILES string of the molecule is CNc1c(C#N)cncc1-c1ccccc1. The first kappa shape index (κ1) is 10.2. The van der Waals surface area contributed by atoms with Gasteiger partial charge in [-0.05, 0) is 5.56 Å². The van der Waals surface area contributed by atoms with Gasteiger partial charge in [0, 0.05) is 25.0 Å². The molecule has 1 N–H and O–H groups in total. The maximum Gasteiger partial charge on any atom is 0.103 e. The standard InChI is InChI=1S/C13H11N3/c1-15-13-11(7-14)8-16-9-12(13)10-5-3-2-4-6-10/h2-6,8-9H,1H3,(H,15,16). The normalized spacial score (nSPS) is 9.50. The van der Waals surface area contributed by atoms with Gasteiger partial charge in [-0.1, -0.05) is 30.3 Å². The molecule has 16 heavy (non-hydrogen) atoms. The van der Waals surface area contributed by atoms with Crippen LogP contribution in [0.1, 0.15) is 5.56 Å². The van der Waals surface area contributed by atoms with E-state index in [0.29, 0.717) is 5.56 Å². The Morgan fingerprint density at radius 3 is 2.56 bits per heavy atom. The molecular formula is C13H11N3. The minimum Gasteiger partial charge on any atom is -0.386 e. The van der Waals surface area contributed by atoms with Crippen molar-refractivity contribution in [2.24, 2.45) is 0 Å². The van der Waals surface area contributed by atoms with Crippen LogP contribution in [0.3, 0.4) is 0 Å². The van der Waals surface area contributed by atoms with Crippen LogP contribution in [-0.4, -0.2) is 12.0 Å². The first-order valence-electron chi connectivity index (χ1n) is 4.98. The lowest BCUT2D eigenvalue weighted by Gasteiger charge is -2.09. The van der Waals surface area contributed by atoms with Gasteiger partial charge in [-0.3, -0.25) is 4.98 Å². The number of aromatic nitrogens is 1. The Balaban J connectivity index is 2.62. The molecule has 78 valence electrons. The Morgan fingerprint density at radius 2 is 1.94 bits per heavy atom. The second-order valence-electron chi connectivity index (χ2n) is 3.34. The third-order valence-corrected chi connectivity index (χ3v) is 2.40. The third kappa shape index (κ3) is 1.73. The van der Waals surface area contributed by atoms with Crippen molar-refractivity contribution in [3.05, 3.63) is 48.3 Å². The fourth-order valence-electron chi connectivity index (χ4n) is 1.65. The van der Waals surface area contributed by atoms with Crippen molar-refractivity contribution in [3.8, 4) is 17.2 Å². The zero-order valence-electron chi connectivity index (χ0n) is 8.94. The Bertz CT molecular complexity index is 527. The Morgan fingerprint density at radius 1 is 1.19 bits per heavy atom. The maximum atomic E-state index is 8.99. The summed E-state index contributed by atoms with van der Waals surface area (Å²) in [5, 5.41) is 12.0. The van der Waals surface area contributed by atoms with Gasteiger partial charge in [-0.25, -0.2) is 0 Å². The van der Waals surface area contributed by atoms with Gasteiger partial charge in [0.15, 0.2) is 0 Å². The maximum absolute atomic E-state index is 8.99. The Labute approximate surface area is 94.4 Å². The van der Waals surface area contributed by atoms with Crippen LogP contribution in [0.15, 0.2) is 42.7 Å². The van der Waals surface area contributed by atoms with E-state index in [-0.39, 0.29) is 0 Å². The van der Waals surface area contributed by atoms with E-state index < -0.39 is 0 Å². The molecule has 0 aliphatic carbocycles. The van der Waals surface area contributed by atoms with Crippen LogP contribution < -0.4 is 5.32 Å². The molecule has 2 rings (SSSR count). The Hall–Kier alpha value is -2.34. The highest BCUT2D eigenvalue weighted by atomic mass is 14.8. The summed E-state index contributed by atoms with van der Waals surface area (Å²) >= 11 is 0. The summed E-state index contributed by atoms with van der Waals surface area (Å²) in [7, 11) is 1.81. The highest BCUT2D eigenvalue weighted by molar-refractivity contribution is 5.80. The van der Waals surface area contributed by atoms with E-state index in [1.165, 1.54) is 0 Å². The number of hydrogen-bond donors (Lipinski definition) is 1. The second kappa shape index (κ2) is 4.45. The molecule has 0 bridgehead atoms. The lowest BCUT2D eigenvalue weighted by atomic mass is 10.0. The van der Waals surface area contributed by atoms with E-state index in [1.54, 1.807) is 12.4 Å². The first-order valence-corrected chi connectivity index (χ1v) is 4.98. The minimum atomic E-state index is 0.559. The van der Waals surface area contributed by atoms with Crippen molar-refractivity contribution in [3.63, 3.8) is 0 Å². The van der Waals surface area contributed by atoms with Crippen molar-refractivity contribution in [1.29, 1.82) is 5.26 Å². The molecule has 3 heteroatoms. The third-order valence-electron chi connectivity index (χ3n) is 2.40. The van der Waals surface area contributed by atoms with Gasteiger partial charge in [-0.2, -0.15) is 5.26 Å². The van der Waals surface area contributed by atoms with Crippen molar-refractivity contribution in [1.82, 2.24) is 4.98 Å². The summed E-state index contributed by atoms with van der Waals surface area (Å²) in [6.07, 6.45) is 3.33. The van der Waals surface area contributed by atoms with Gasteiger partial charge < -0.3 is 5.32 Å². The number of nitrogens with one attached hydrogen (secondary N) is 1. The molecule has 1 heterocycles. The average molecular weight is 209 g/mol. The highest BCUT2D eigenvalue weighted by Gasteiger charge is 2.08. The molecule has 3 nitrogen and oxygen atoms in total. The zero-order valence-corrected chi connectivity index (χ0v) is 8.94. The number of anilines is 1. The molecule has 0 radical (unpaired) electrons. The van der Waals surface area contributed by atoms with Crippen LogP contribution in [-0.2, 0) is 0 Å². The summed E-state index contributed by atoms with van der Waals surface area (Å²) in [5.74, 6) is 0. The summed E-state index contributed by atoms with van der Waals surface area (Å²) in [4.78, 5) is 4.08. The molecule has 0 aliphatic heterocycles. The number of nitrogens with zero attached hydrogens (tertiary/aromatic N) is 2. The van der Waals surface area contributed by atoms with Gasteiger partial charge in [-0.15, -0.1) is 0 Å². The van der Waals surface area contributed by atoms with E-state index in [9.17, 15) is 0 Å². The largest absolute Gasteiger partial charge is 0.386 e. The van der Waals surface area contributed by atoms with Crippen molar-refractivity contribution in [2.75, 3.05) is 12.4 Å². The molecule has 0 saturated heterocycles. The van der Waals surface area contributed by atoms with E-state index in [2.05, 4.69) is 16.4 Å². The molecule has 1 aromatic heterocycles. The quantitative estimate of drug-likeness (QED) is 0.827. The second-order valence-corrected chi connectivity index (χ2v) is 3.34. The molecular weight excluding hydrogens is 198 g/mol. The molecule has 0 atom stereocenters. The topological polar surface area (TPSA) is 48.7 Å². The molecule has 0 unspecified atom stereocenters. The zero-order chi connectivity index (χ0) is 11.4. The van der Waals surface area contributed by atoms with Crippen molar-refractivity contribution >= 4 is 5.69 Å². The number of hydrogen-bond acceptors (Lipinski definition) is 3. The Kier molecular flexibility index (Phi) is 2.84. The number of pyridine rings is 1. The lowest BCUT2D eigenvalue weighted by Crippen LogP contribution is -1.96. The molecule has 1 aromatic carbocycles. The van der Waals surface area contributed by atoms with Crippen LogP contribution in [0.2, 0.25) is 0 Å². The molecule has 2 aromatic rings. The number of nitriles is 1. The van der Waals surface area contributed by atoms with E-state index in [1.807, 2.05) is 37.4 Å². The fraction of sp³-hybridized carbons (Fsp3) is 0.0769. The minimum absolute atomic E-state index is 0.559. The lowest BCUT2D eigenvalue weighted by molar-refractivity contribution is 1.29. The van der Waals surface area contributed by atoms with Crippen LogP contribution in [0.5, 0.6) is 0 Å². The van der Waals surface area contributed by atoms with Gasteiger partial charge in [0.05, 0.1) is 11.3 Å². The molecule has 0 saturated carbocycles. The number of benzene rings is 1. The van der Waals surface area contributed by atoms with Crippen LogP contribution in [0.4, 0.5) is 5.69 Å². The molecule has 0 amide bonds. The van der Waals surface area contributed by atoms with Crippen LogP contribution in [0.25, 0.3) is 11.1 Å². The van der Waals surface area contributed by atoms with Gasteiger partial charge in [0.25, 0.3) is 0 Å². The van der Waals surface area contributed by atoms with Crippen molar-refractivity contribution in [2.45, 2.75) is 0 Å². The van der Waals surface area contributed by atoms with Gasteiger partial charge in [0.2, 0.25) is 0 Å². The predicted octanol–water partition coefficient (Wildman–Crippen LogP) is 2.66. The van der Waals surface area contributed by atoms with E-state index in [4.69, 9.17) is 5.26 Å². The first-order chi connectivity index (χ1) is 7.86. The summed E-state index contributed by atoms with van der Waals surface area (Å²) < 4.78 is 0. The smallest absolute Gasteiger partial charge is 0.103 e. The molecule has 0 aliphatic rings.